The van der Waals surface area contributed by atoms with E-state index in [-0.39, 0.29) is 5.41 Å². The van der Waals surface area contributed by atoms with Crippen molar-refractivity contribution in [1.29, 1.82) is 0 Å². The Hall–Kier alpha value is -2.82. The zero-order chi connectivity index (χ0) is 18.7. The van der Waals surface area contributed by atoms with E-state index in [1.54, 1.807) is 25.3 Å². The summed E-state index contributed by atoms with van der Waals surface area (Å²) in [5, 5.41) is 4.07. The molecule has 0 amide bonds. The van der Waals surface area contributed by atoms with Gasteiger partial charge in [0.25, 0.3) is 0 Å². The summed E-state index contributed by atoms with van der Waals surface area (Å²) in [6.45, 7) is 6.87. The average Bonchev–Trinajstić information content (AvgIpc) is 2.64. The van der Waals surface area contributed by atoms with Gasteiger partial charge in [-0.05, 0) is 35.2 Å². The van der Waals surface area contributed by atoms with Crippen LogP contribution in [0.1, 0.15) is 48.7 Å². The van der Waals surface area contributed by atoms with Gasteiger partial charge in [0.15, 0.2) is 0 Å². The van der Waals surface area contributed by atoms with Crippen LogP contribution in [0.5, 0.6) is 11.5 Å². The molecule has 0 aromatic heterocycles. The summed E-state index contributed by atoms with van der Waals surface area (Å²) in [5.74, 6) is 0.917. The Kier molecular flexibility index (Phi) is 4.98. The summed E-state index contributed by atoms with van der Waals surface area (Å²) >= 11 is 0. The average molecular weight is 353 g/mol. The number of hydrogen-bond acceptors (Lipinski definition) is 5. The number of carbonyl (C=O) groups excluding carboxylic acids is 1. The number of methoxy groups -OCH3 is 1. The van der Waals surface area contributed by atoms with Gasteiger partial charge in [-0.15, -0.1) is 0 Å². The normalized spacial score (nSPS) is 15.2. The summed E-state index contributed by atoms with van der Waals surface area (Å²) in [7, 11) is 1.60. The molecule has 1 aliphatic heterocycles. The Bertz CT molecular complexity index is 832. The van der Waals surface area contributed by atoms with E-state index in [0.717, 1.165) is 11.1 Å². The molecular formula is C21H23NO4. The molecule has 2 aromatic carbocycles. The highest BCUT2D eigenvalue weighted by Crippen LogP contribution is 2.29. The number of hydrogen-bond donors (Lipinski definition) is 0. The van der Waals surface area contributed by atoms with Gasteiger partial charge < -0.3 is 14.3 Å². The first-order valence-corrected chi connectivity index (χ1v) is 8.58. The van der Waals surface area contributed by atoms with Crippen molar-refractivity contribution in [3.05, 3.63) is 59.2 Å². The van der Waals surface area contributed by atoms with E-state index in [0.29, 0.717) is 35.8 Å². The molecule has 1 heterocycles. The van der Waals surface area contributed by atoms with Crippen LogP contribution in [0.15, 0.2) is 47.6 Å². The van der Waals surface area contributed by atoms with E-state index in [9.17, 15) is 4.79 Å². The second-order valence-corrected chi connectivity index (χ2v) is 7.20. The lowest BCUT2D eigenvalue weighted by Crippen LogP contribution is -2.17. The Morgan fingerprint density at radius 3 is 2.50 bits per heavy atom. The van der Waals surface area contributed by atoms with Gasteiger partial charge in [-0.1, -0.05) is 38.1 Å². The lowest BCUT2D eigenvalue weighted by Gasteiger charge is -2.19. The van der Waals surface area contributed by atoms with Crippen LogP contribution in [0, 0.1) is 0 Å². The minimum atomic E-state index is -0.473. The molecule has 5 nitrogen and oxygen atoms in total. The first kappa shape index (κ1) is 18.0. The number of benzene rings is 2. The molecule has 0 saturated carbocycles. The molecule has 26 heavy (non-hydrogen) atoms. The highest BCUT2D eigenvalue weighted by molar-refractivity contribution is 6.04. The summed E-state index contributed by atoms with van der Waals surface area (Å²) in [5.41, 5.74) is 3.17. The lowest BCUT2D eigenvalue weighted by atomic mass is 9.87. The van der Waals surface area contributed by atoms with Crippen molar-refractivity contribution in [3.63, 3.8) is 0 Å². The molecule has 0 aliphatic carbocycles. The molecule has 0 saturated heterocycles. The van der Waals surface area contributed by atoms with Crippen LogP contribution in [0.4, 0.5) is 0 Å². The Labute approximate surface area is 153 Å². The van der Waals surface area contributed by atoms with E-state index >= 15 is 0 Å². The first-order valence-electron chi connectivity index (χ1n) is 8.58. The number of oxime groups is 1. The number of carbonyl (C=O) groups is 1. The molecule has 0 atom stereocenters. The zero-order valence-electron chi connectivity index (χ0n) is 15.5. The zero-order valence-corrected chi connectivity index (χ0v) is 15.5. The third-order valence-electron chi connectivity index (χ3n) is 4.32. The fraction of sp³-hybridized carbons (Fsp3) is 0.333. The van der Waals surface area contributed by atoms with Crippen molar-refractivity contribution in [2.75, 3.05) is 13.7 Å². The van der Waals surface area contributed by atoms with Crippen molar-refractivity contribution in [2.45, 2.75) is 32.6 Å². The van der Waals surface area contributed by atoms with Crippen LogP contribution in [-0.4, -0.2) is 25.4 Å². The van der Waals surface area contributed by atoms with Crippen molar-refractivity contribution >= 4 is 11.7 Å². The molecule has 0 radical (unpaired) electrons. The largest absolute Gasteiger partial charge is 0.497 e. The maximum Gasteiger partial charge on any atom is 0.365 e. The van der Waals surface area contributed by atoms with E-state index in [1.165, 1.54) is 0 Å². The van der Waals surface area contributed by atoms with Crippen LogP contribution in [0.25, 0.3) is 0 Å². The predicted octanol–water partition coefficient (Wildman–Crippen LogP) is 4.34. The summed E-state index contributed by atoms with van der Waals surface area (Å²) in [6, 6.07) is 12.9. The highest BCUT2D eigenvalue weighted by Gasteiger charge is 2.19. The van der Waals surface area contributed by atoms with E-state index in [2.05, 4.69) is 25.9 Å². The van der Waals surface area contributed by atoms with Crippen LogP contribution in [0.3, 0.4) is 0 Å². The third kappa shape index (κ3) is 3.87. The maximum atomic E-state index is 12.3. The molecule has 3 rings (SSSR count). The van der Waals surface area contributed by atoms with Crippen molar-refractivity contribution in [1.82, 2.24) is 0 Å². The highest BCUT2D eigenvalue weighted by atomic mass is 16.7. The molecule has 1 aliphatic rings. The molecule has 5 heteroatoms. The molecule has 0 unspecified atom stereocenters. The first-order chi connectivity index (χ1) is 12.4. The van der Waals surface area contributed by atoms with Gasteiger partial charge in [-0.3, -0.25) is 0 Å². The van der Waals surface area contributed by atoms with Gasteiger partial charge in [0.05, 0.1) is 25.0 Å². The SMILES string of the molecule is COc1ccc2c(c1)OCC/C2=N\OC(=O)c1ccc(C(C)(C)C)cc1. The standard InChI is InChI=1S/C21H23NO4/c1-21(2,3)15-7-5-14(6-8-15)20(23)26-22-18-11-12-25-19-13-16(24-4)9-10-17(18)19/h5-10,13H,11-12H2,1-4H3/b22-18+. The quantitative estimate of drug-likeness (QED) is 0.608. The monoisotopic (exact) mass is 353 g/mol. The molecule has 0 fully saturated rings. The predicted molar refractivity (Wildman–Crippen MR) is 100 cm³/mol. The van der Waals surface area contributed by atoms with Crippen LogP contribution in [0.2, 0.25) is 0 Å². The summed E-state index contributed by atoms with van der Waals surface area (Å²) in [6.07, 6.45) is 0.579. The van der Waals surface area contributed by atoms with Gasteiger partial charge >= 0.3 is 5.97 Å². The van der Waals surface area contributed by atoms with Crippen LogP contribution < -0.4 is 9.47 Å². The van der Waals surface area contributed by atoms with Crippen LogP contribution >= 0.6 is 0 Å². The molecule has 0 bridgehead atoms. The molecule has 0 N–H and O–H groups in total. The Morgan fingerprint density at radius 2 is 1.85 bits per heavy atom. The molecular weight excluding hydrogens is 330 g/mol. The van der Waals surface area contributed by atoms with E-state index < -0.39 is 5.97 Å². The van der Waals surface area contributed by atoms with Gasteiger partial charge in [0.2, 0.25) is 0 Å². The Morgan fingerprint density at radius 1 is 1.12 bits per heavy atom. The molecule has 0 spiro atoms. The summed E-state index contributed by atoms with van der Waals surface area (Å²) in [4.78, 5) is 17.4. The van der Waals surface area contributed by atoms with Gasteiger partial charge in [0.1, 0.15) is 11.5 Å². The minimum absolute atomic E-state index is 0.0372. The van der Waals surface area contributed by atoms with Crippen molar-refractivity contribution < 1.29 is 19.1 Å². The van der Waals surface area contributed by atoms with E-state index in [4.69, 9.17) is 14.3 Å². The van der Waals surface area contributed by atoms with Crippen molar-refractivity contribution in [3.8, 4) is 11.5 Å². The Balaban J connectivity index is 1.75. The summed E-state index contributed by atoms with van der Waals surface area (Å²) < 4.78 is 10.8. The van der Waals surface area contributed by atoms with Crippen LogP contribution in [-0.2, 0) is 10.3 Å². The number of nitrogens with zero attached hydrogens (tertiary/aromatic N) is 1. The molecule has 2 aromatic rings. The smallest absolute Gasteiger partial charge is 0.365 e. The number of ether oxygens (including phenoxy) is 2. The van der Waals surface area contributed by atoms with Gasteiger partial charge in [-0.25, -0.2) is 4.79 Å². The second-order valence-electron chi connectivity index (χ2n) is 7.20. The third-order valence-corrected chi connectivity index (χ3v) is 4.32. The van der Waals surface area contributed by atoms with Gasteiger partial charge in [-0.2, -0.15) is 0 Å². The van der Waals surface area contributed by atoms with E-state index in [1.807, 2.05) is 24.3 Å². The fourth-order valence-electron chi connectivity index (χ4n) is 2.73. The topological polar surface area (TPSA) is 57.1 Å². The number of fused-ring (bicyclic) bond motifs is 1. The second kappa shape index (κ2) is 7.20. The van der Waals surface area contributed by atoms with Crippen molar-refractivity contribution in [2.24, 2.45) is 5.16 Å². The van der Waals surface area contributed by atoms with Gasteiger partial charge in [0, 0.05) is 18.1 Å². The maximum absolute atomic E-state index is 12.3. The minimum Gasteiger partial charge on any atom is -0.497 e. The lowest BCUT2D eigenvalue weighted by molar-refractivity contribution is 0.0514. The molecule has 136 valence electrons. The number of rotatable bonds is 3. The fourth-order valence-corrected chi connectivity index (χ4v) is 2.73.